The van der Waals surface area contributed by atoms with Gasteiger partial charge in [0.05, 0.1) is 27.0 Å². The first-order valence-electron chi connectivity index (χ1n) is 9.17. The Morgan fingerprint density at radius 2 is 1.59 bits per heavy atom. The number of anilines is 1. The number of likely N-dealkylation sites (tertiary alicyclic amines) is 1. The number of halogens is 1. The molecule has 0 amide bonds. The van der Waals surface area contributed by atoms with Crippen LogP contribution < -0.4 is 19.5 Å². The smallest absolute Gasteiger partial charge is 0.164 e. The van der Waals surface area contributed by atoms with E-state index in [1.54, 1.807) is 33.5 Å². The Kier molecular flexibility index (Phi) is 6.40. The molecule has 3 rings (SSSR count). The van der Waals surface area contributed by atoms with Crippen LogP contribution in [-0.4, -0.2) is 45.4 Å². The van der Waals surface area contributed by atoms with Gasteiger partial charge in [-0.15, -0.1) is 0 Å². The summed E-state index contributed by atoms with van der Waals surface area (Å²) in [5.74, 6) is 1.95. The summed E-state index contributed by atoms with van der Waals surface area (Å²) in [5, 5.41) is 3.33. The van der Waals surface area contributed by atoms with Gasteiger partial charge in [-0.05, 0) is 31.0 Å². The lowest BCUT2D eigenvalue weighted by Crippen LogP contribution is -2.38. The van der Waals surface area contributed by atoms with Crippen LogP contribution in [0.15, 0.2) is 36.4 Å². The summed E-state index contributed by atoms with van der Waals surface area (Å²) in [5.41, 5.74) is 1.65. The molecule has 1 fully saturated rings. The van der Waals surface area contributed by atoms with Crippen molar-refractivity contribution in [3.63, 3.8) is 0 Å². The average molecular weight is 374 g/mol. The number of para-hydroxylation sites is 1. The van der Waals surface area contributed by atoms with Crippen LogP contribution in [0.1, 0.15) is 18.4 Å². The fraction of sp³-hybridized carbons (Fsp3) is 0.429. The van der Waals surface area contributed by atoms with Crippen molar-refractivity contribution in [2.45, 2.75) is 25.4 Å². The molecule has 2 aromatic carbocycles. The summed E-state index contributed by atoms with van der Waals surface area (Å²) in [7, 11) is 4.91. The van der Waals surface area contributed by atoms with Gasteiger partial charge in [0.1, 0.15) is 11.6 Å². The van der Waals surface area contributed by atoms with Crippen molar-refractivity contribution in [1.29, 1.82) is 0 Å². The lowest BCUT2D eigenvalue weighted by Gasteiger charge is -2.33. The highest BCUT2D eigenvalue weighted by Gasteiger charge is 2.22. The molecular formula is C21H27FN2O3. The molecule has 2 aromatic rings. The maximum Gasteiger partial charge on any atom is 0.164 e. The van der Waals surface area contributed by atoms with Crippen LogP contribution in [0.25, 0.3) is 0 Å². The Morgan fingerprint density at radius 3 is 2.22 bits per heavy atom. The predicted molar refractivity (Wildman–Crippen MR) is 104 cm³/mol. The molecule has 0 spiro atoms. The van der Waals surface area contributed by atoms with E-state index < -0.39 is 0 Å². The zero-order valence-corrected chi connectivity index (χ0v) is 16.1. The van der Waals surface area contributed by atoms with Gasteiger partial charge in [-0.2, -0.15) is 0 Å². The summed E-state index contributed by atoms with van der Waals surface area (Å²) in [6.45, 7) is 2.64. The normalized spacial score (nSPS) is 15.4. The topological polar surface area (TPSA) is 43.0 Å². The van der Waals surface area contributed by atoms with E-state index in [-0.39, 0.29) is 11.9 Å². The summed E-state index contributed by atoms with van der Waals surface area (Å²) in [4.78, 5) is 2.38. The van der Waals surface area contributed by atoms with Crippen molar-refractivity contribution >= 4 is 5.69 Å². The molecule has 146 valence electrons. The van der Waals surface area contributed by atoms with Gasteiger partial charge in [0.15, 0.2) is 11.5 Å². The molecule has 5 nitrogen and oxygen atoms in total. The molecule has 0 atom stereocenters. The van der Waals surface area contributed by atoms with Crippen LogP contribution in [-0.2, 0) is 6.54 Å². The van der Waals surface area contributed by atoms with E-state index >= 15 is 0 Å². The van der Waals surface area contributed by atoms with Crippen molar-refractivity contribution in [3.05, 3.63) is 47.8 Å². The Bertz CT molecular complexity index is 761. The van der Waals surface area contributed by atoms with Crippen molar-refractivity contribution in [1.82, 2.24) is 4.90 Å². The first-order chi connectivity index (χ1) is 13.1. The highest BCUT2D eigenvalue weighted by Crippen LogP contribution is 2.35. The Labute approximate surface area is 160 Å². The van der Waals surface area contributed by atoms with Gasteiger partial charge < -0.3 is 19.5 Å². The van der Waals surface area contributed by atoms with E-state index in [9.17, 15) is 4.39 Å². The molecule has 0 aromatic heterocycles. The molecular weight excluding hydrogens is 347 g/mol. The lowest BCUT2D eigenvalue weighted by atomic mass is 10.0. The van der Waals surface area contributed by atoms with Gasteiger partial charge in [0.2, 0.25) is 0 Å². The van der Waals surface area contributed by atoms with Crippen molar-refractivity contribution in [3.8, 4) is 17.2 Å². The minimum absolute atomic E-state index is 0.199. The van der Waals surface area contributed by atoms with Gasteiger partial charge >= 0.3 is 0 Å². The molecule has 27 heavy (non-hydrogen) atoms. The molecule has 0 aliphatic carbocycles. The van der Waals surface area contributed by atoms with E-state index in [2.05, 4.69) is 10.2 Å². The number of rotatable bonds is 7. The first kappa shape index (κ1) is 19.3. The molecule has 0 bridgehead atoms. The van der Waals surface area contributed by atoms with Crippen LogP contribution in [0.3, 0.4) is 0 Å². The van der Waals surface area contributed by atoms with Gasteiger partial charge in [-0.25, -0.2) is 4.39 Å². The maximum absolute atomic E-state index is 13.8. The second-order valence-corrected chi connectivity index (χ2v) is 6.69. The molecule has 1 N–H and O–H groups in total. The third-order valence-electron chi connectivity index (χ3n) is 5.00. The molecule has 1 aliphatic rings. The standard InChI is InChI=1S/C21H27FN2O3/c1-25-19-13-21(27-3)20(26-2)12-15(19)14-24-10-8-16(9-11-24)23-18-7-5-4-6-17(18)22/h4-7,12-13,16,23H,8-11,14H2,1-3H3. The summed E-state index contributed by atoms with van der Waals surface area (Å²) in [6.07, 6.45) is 1.92. The van der Waals surface area contributed by atoms with E-state index in [1.165, 1.54) is 6.07 Å². The summed E-state index contributed by atoms with van der Waals surface area (Å²) >= 11 is 0. The minimum atomic E-state index is -0.199. The number of nitrogens with zero attached hydrogens (tertiary/aromatic N) is 1. The zero-order valence-electron chi connectivity index (χ0n) is 16.1. The molecule has 0 unspecified atom stereocenters. The Hall–Kier alpha value is -2.47. The predicted octanol–water partition coefficient (Wildman–Crippen LogP) is 3.93. The van der Waals surface area contributed by atoms with Crippen LogP contribution in [0.5, 0.6) is 17.2 Å². The first-order valence-corrected chi connectivity index (χ1v) is 9.17. The zero-order chi connectivity index (χ0) is 19.2. The van der Waals surface area contributed by atoms with E-state index in [1.807, 2.05) is 18.2 Å². The summed E-state index contributed by atoms with van der Waals surface area (Å²) in [6, 6.07) is 11.0. The second-order valence-electron chi connectivity index (χ2n) is 6.69. The van der Waals surface area contributed by atoms with Crippen LogP contribution >= 0.6 is 0 Å². The number of nitrogens with one attached hydrogen (secondary N) is 1. The summed E-state index contributed by atoms with van der Waals surface area (Å²) < 4.78 is 30.1. The van der Waals surface area contributed by atoms with E-state index in [0.29, 0.717) is 17.2 Å². The highest BCUT2D eigenvalue weighted by atomic mass is 19.1. The van der Waals surface area contributed by atoms with Crippen molar-refractivity contribution < 1.29 is 18.6 Å². The van der Waals surface area contributed by atoms with Crippen LogP contribution in [0.4, 0.5) is 10.1 Å². The Balaban J connectivity index is 1.61. The number of hydrogen-bond acceptors (Lipinski definition) is 5. The monoisotopic (exact) mass is 374 g/mol. The largest absolute Gasteiger partial charge is 0.496 e. The van der Waals surface area contributed by atoms with Crippen LogP contribution in [0.2, 0.25) is 0 Å². The Morgan fingerprint density at radius 1 is 0.963 bits per heavy atom. The van der Waals surface area contributed by atoms with Gasteiger partial charge in [0, 0.05) is 37.3 Å². The molecule has 1 heterocycles. The number of hydrogen-bond donors (Lipinski definition) is 1. The van der Waals surface area contributed by atoms with Crippen molar-refractivity contribution in [2.24, 2.45) is 0 Å². The quantitative estimate of drug-likeness (QED) is 0.796. The molecule has 0 radical (unpaired) electrons. The number of piperidine rings is 1. The molecule has 1 saturated heterocycles. The van der Waals surface area contributed by atoms with Crippen LogP contribution in [0, 0.1) is 5.82 Å². The van der Waals surface area contributed by atoms with Gasteiger partial charge in [-0.1, -0.05) is 12.1 Å². The average Bonchev–Trinajstić information content (AvgIpc) is 2.70. The lowest BCUT2D eigenvalue weighted by molar-refractivity contribution is 0.208. The second kappa shape index (κ2) is 8.95. The fourth-order valence-corrected chi connectivity index (χ4v) is 3.49. The third kappa shape index (κ3) is 4.63. The maximum atomic E-state index is 13.8. The van der Waals surface area contributed by atoms with Crippen molar-refractivity contribution in [2.75, 3.05) is 39.7 Å². The number of methoxy groups -OCH3 is 3. The highest BCUT2D eigenvalue weighted by molar-refractivity contribution is 5.50. The molecule has 1 aliphatic heterocycles. The number of benzene rings is 2. The number of ether oxygens (including phenoxy) is 3. The van der Waals surface area contributed by atoms with Gasteiger partial charge in [-0.3, -0.25) is 4.90 Å². The van der Waals surface area contributed by atoms with Gasteiger partial charge in [0.25, 0.3) is 0 Å². The molecule has 0 saturated carbocycles. The SMILES string of the molecule is COc1cc(OC)c(OC)cc1CN1CCC(Nc2ccccc2F)CC1. The van der Waals surface area contributed by atoms with E-state index in [4.69, 9.17) is 14.2 Å². The minimum Gasteiger partial charge on any atom is -0.496 e. The van der Waals surface area contributed by atoms with E-state index in [0.717, 1.165) is 43.8 Å². The third-order valence-corrected chi connectivity index (χ3v) is 5.00. The fourth-order valence-electron chi connectivity index (χ4n) is 3.49. The molecule has 6 heteroatoms.